The lowest BCUT2D eigenvalue weighted by Crippen LogP contribution is -1.96. The third-order valence-corrected chi connectivity index (χ3v) is 11.7. The molecule has 0 bridgehead atoms. The van der Waals surface area contributed by atoms with Crippen LogP contribution in [-0.2, 0) is 0 Å². The summed E-state index contributed by atoms with van der Waals surface area (Å²) < 4.78 is 6.50. The van der Waals surface area contributed by atoms with Crippen molar-refractivity contribution in [3.63, 3.8) is 0 Å². The van der Waals surface area contributed by atoms with Crippen molar-refractivity contribution in [2.75, 3.05) is 0 Å². The van der Waals surface area contributed by atoms with Crippen molar-refractivity contribution >= 4 is 65.2 Å². The monoisotopic (exact) mass is 751 g/mol. The van der Waals surface area contributed by atoms with Gasteiger partial charge in [-0.15, -0.1) is 0 Å². The van der Waals surface area contributed by atoms with Crippen LogP contribution in [0.5, 0.6) is 0 Å². The largest absolute Gasteiger partial charge is 0.454 e. The van der Waals surface area contributed by atoms with Gasteiger partial charge in [-0.2, -0.15) is 0 Å². The Hall–Kier alpha value is -7.95. The Morgan fingerprint density at radius 1 is 0.305 bits per heavy atom. The van der Waals surface area contributed by atoms with Gasteiger partial charge in [0.2, 0.25) is 0 Å². The van der Waals surface area contributed by atoms with Gasteiger partial charge in [-0.1, -0.05) is 176 Å². The van der Waals surface area contributed by atoms with E-state index in [2.05, 4.69) is 164 Å². The average molecular weight is 752 g/mol. The van der Waals surface area contributed by atoms with Gasteiger partial charge >= 0.3 is 0 Å². The molecule has 0 aliphatic rings. The van der Waals surface area contributed by atoms with Crippen molar-refractivity contribution in [1.29, 1.82) is 0 Å². The molecule has 0 radical (unpaired) electrons. The molecule has 0 saturated heterocycles. The lowest BCUT2D eigenvalue weighted by molar-refractivity contribution is 0.669. The van der Waals surface area contributed by atoms with Gasteiger partial charge in [0.15, 0.2) is 11.4 Å². The number of hydrogen-bond acceptors (Lipinski definition) is 4. The zero-order valence-electron chi connectivity index (χ0n) is 31.8. The molecule has 4 nitrogen and oxygen atoms in total. The highest BCUT2D eigenvalue weighted by molar-refractivity contribution is 6.26. The van der Waals surface area contributed by atoms with E-state index in [-0.39, 0.29) is 0 Å². The Bertz CT molecular complexity index is 3560. The Morgan fingerprint density at radius 3 is 1.46 bits per heavy atom. The Morgan fingerprint density at radius 2 is 0.797 bits per heavy atom. The number of aromatic nitrogens is 3. The van der Waals surface area contributed by atoms with Crippen LogP contribution >= 0.6 is 0 Å². The number of furan rings is 1. The second-order valence-electron chi connectivity index (χ2n) is 15.1. The minimum atomic E-state index is 0.681. The van der Waals surface area contributed by atoms with E-state index >= 15 is 0 Å². The fraction of sp³-hybridized carbons (Fsp3) is 0. The quantitative estimate of drug-likeness (QED) is 0.164. The first kappa shape index (κ1) is 33.2. The van der Waals surface area contributed by atoms with Crippen LogP contribution in [0.3, 0.4) is 0 Å². The molecule has 0 atom stereocenters. The summed E-state index contributed by atoms with van der Waals surface area (Å²) in [5, 5.41) is 10.9. The first-order chi connectivity index (χ1) is 29.2. The summed E-state index contributed by atoms with van der Waals surface area (Å²) in [4.78, 5) is 15.4. The molecule has 0 spiro atoms. The third kappa shape index (κ3) is 5.49. The lowest BCUT2D eigenvalue weighted by Gasteiger charge is -2.13. The maximum Gasteiger partial charge on any atom is 0.162 e. The van der Waals surface area contributed by atoms with Crippen molar-refractivity contribution in [2.24, 2.45) is 0 Å². The molecule has 0 unspecified atom stereocenters. The van der Waals surface area contributed by atoms with E-state index < -0.39 is 0 Å². The predicted molar refractivity (Wildman–Crippen MR) is 244 cm³/mol. The number of rotatable bonds is 5. The van der Waals surface area contributed by atoms with E-state index in [1.165, 1.54) is 37.9 Å². The highest BCUT2D eigenvalue weighted by Crippen LogP contribution is 2.41. The molecule has 12 aromatic rings. The van der Waals surface area contributed by atoms with Gasteiger partial charge < -0.3 is 4.42 Å². The molecule has 0 N–H and O–H groups in total. The van der Waals surface area contributed by atoms with Crippen LogP contribution in [0.1, 0.15) is 0 Å². The number of para-hydroxylation sites is 2. The molecule has 59 heavy (non-hydrogen) atoms. The molecule has 0 aliphatic heterocycles. The molecule has 0 amide bonds. The van der Waals surface area contributed by atoms with E-state index in [0.717, 1.165) is 77.7 Å². The minimum Gasteiger partial charge on any atom is -0.454 e. The molecule has 0 saturated carbocycles. The zero-order valence-corrected chi connectivity index (χ0v) is 31.8. The van der Waals surface area contributed by atoms with Crippen LogP contribution in [0.4, 0.5) is 0 Å². The van der Waals surface area contributed by atoms with E-state index in [9.17, 15) is 0 Å². The zero-order chi connectivity index (χ0) is 38.9. The maximum atomic E-state index is 6.50. The molecule has 12 rings (SSSR count). The van der Waals surface area contributed by atoms with Gasteiger partial charge in [0.05, 0.1) is 16.9 Å². The Kier molecular flexibility index (Phi) is 7.50. The molecule has 9 aromatic carbocycles. The average Bonchev–Trinajstić information content (AvgIpc) is 3.72. The van der Waals surface area contributed by atoms with Crippen molar-refractivity contribution in [1.82, 2.24) is 15.0 Å². The van der Waals surface area contributed by atoms with Crippen molar-refractivity contribution in [3.05, 3.63) is 200 Å². The number of hydrogen-bond donors (Lipinski definition) is 0. The molecular formula is C55H33N3O. The first-order valence-corrected chi connectivity index (χ1v) is 19.9. The Balaban J connectivity index is 0.938. The first-order valence-electron chi connectivity index (χ1n) is 19.9. The summed E-state index contributed by atoms with van der Waals surface area (Å²) in [6.45, 7) is 0. The van der Waals surface area contributed by atoms with E-state index in [1.54, 1.807) is 0 Å². The van der Waals surface area contributed by atoms with E-state index in [1.807, 2.05) is 36.4 Å². The van der Waals surface area contributed by atoms with Crippen LogP contribution in [-0.4, -0.2) is 15.0 Å². The van der Waals surface area contributed by atoms with Gasteiger partial charge in [0.1, 0.15) is 11.3 Å². The van der Waals surface area contributed by atoms with Crippen LogP contribution in [0.15, 0.2) is 205 Å². The Labute approximate surface area is 339 Å². The number of fused-ring (bicyclic) bond motifs is 11. The van der Waals surface area contributed by atoms with Crippen LogP contribution in [0, 0.1) is 0 Å². The topological polar surface area (TPSA) is 51.8 Å². The minimum absolute atomic E-state index is 0.681. The molecule has 3 aromatic heterocycles. The summed E-state index contributed by atoms with van der Waals surface area (Å²) >= 11 is 0. The number of pyridine rings is 1. The molecule has 0 fully saturated rings. The van der Waals surface area contributed by atoms with Crippen molar-refractivity contribution in [2.45, 2.75) is 0 Å². The second kappa shape index (κ2) is 13.3. The van der Waals surface area contributed by atoms with E-state index in [0.29, 0.717) is 5.82 Å². The van der Waals surface area contributed by atoms with Gasteiger partial charge in [-0.3, -0.25) is 0 Å². The molecule has 274 valence electrons. The van der Waals surface area contributed by atoms with Crippen LogP contribution in [0.25, 0.3) is 121 Å². The standard InChI is InChI=1S/C55H33N3O/c1-2-12-38(13-3-1)55-57-49(35-24-22-34(23-25-35)39-30-31-44-42-16-5-4-14-40(42)41-15-6-7-17-43(41)47(44)32-39)33-50(58-55)36-26-28-37(29-27-36)53-54-52(45-18-8-10-20-48(45)56-53)46-19-9-11-21-51(46)59-54/h1-33H. The molecule has 0 aliphatic carbocycles. The molecular weight excluding hydrogens is 719 g/mol. The fourth-order valence-corrected chi connectivity index (χ4v) is 8.81. The van der Waals surface area contributed by atoms with Crippen LogP contribution < -0.4 is 0 Å². The summed E-state index contributed by atoms with van der Waals surface area (Å²) in [5.41, 5.74) is 11.4. The van der Waals surface area contributed by atoms with Crippen molar-refractivity contribution < 1.29 is 4.42 Å². The number of nitrogens with zero attached hydrogens (tertiary/aromatic N) is 3. The highest BCUT2D eigenvalue weighted by Gasteiger charge is 2.18. The number of benzene rings is 9. The fourth-order valence-electron chi connectivity index (χ4n) is 8.81. The van der Waals surface area contributed by atoms with E-state index in [4.69, 9.17) is 19.4 Å². The molecule has 3 heterocycles. The van der Waals surface area contributed by atoms with Gasteiger partial charge in [-0.25, -0.2) is 15.0 Å². The summed E-state index contributed by atoms with van der Waals surface area (Å²) in [6.07, 6.45) is 0. The van der Waals surface area contributed by atoms with Gasteiger partial charge in [-0.05, 0) is 67.7 Å². The highest BCUT2D eigenvalue weighted by atomic mass is 16.3. The second-order valence-corrected chi connectivity index (χ2v) is 15.1. The summed E-state index contributed by atoms with van der Waals surface area (Å²) in [7, 11) is 0. The normalized spacial score (nSPS) is 11.7. The van der Waals surface area contributed by atoms with Gasteiger partial charge in [0.25, 0.3) is 0 Å². The third-order valence-electron chi connectivity index (χ3n) is 11.7. The summed E-state index contributed by atoms with van der Waals surface area (Å²) in [6, 6.07) is 70.3. The summed E-state index contributed by atoms with van der Waals surface area (Å²) in [5.74, 6) is 0.681. The van der Waals surface area contributed by atoms with Crippen molar-refractivity contribution in [3.8, 4) is 56.3 Å². The van der Waals surface area contributed by atoms with Crippen LogP contribution in [0.2, 0.25) is 0 Å². The van der Waals surface area contributed by atoms with Gasteiger partial charge in [0, 0.05) is 38.4 Å². The molecule has 4 heteroatoms. The lowest BCUT2D eigenvalue weighted by atomic mass is 9.92. The smallest absolute Gasteiger partial charge is 0.162 e. The SMILES string of the molecule is c1ccc(-c2nc(-c3ccc(-c4ccc5c6ccccc6c6ccccc6c5c4)cc3)cc(-c3ccc(-c4nc5ccccc5c5c4oc4ccccc45)cc3)n2)cc1. The maximum absolute atomic E-state index is 6.50. The predicted octanol–water partition coefficient (Wildman–Crippen LogP) is 14.7.